The smallest absolute Gasteiger partial charge is 0.235 e. The number of nitriles is 1. The Morgan fingerprint density at radius 2 is 2.40 bits per heavy atom. The zero-order valence-electron chi connectivity index (χ0n) is 10.8. The van der Waals surface area contributed by atoms with E-state index in [9.17, 15) is 10.1 Å². The molecule has 2 heterocycles. The van der Waals surface area contributed by atoms with Crippen molar-refractivity contribution >= 4 is 50.1 Å². The molecule has 0 saturated heterocycles. The first-order chi connectivity index (χ1) is 9.78. The van der Waals surface area contributed by atoms with Crippen LogP contribution in [0.15, 0.2) is 4.99 Å². The van der Waals surface area contributed by atoms with Crippen molar-refractivity contribution in [3.8, 4) is 6.07 Å². The summed E-state index contributed by atoms with van der Waals surface area (Å²) in [7, 11) is 0. The van der Waals surface area contributed by atoms with E-state index in [4.69, 9.17) is 0 Å². The molecule has 0 unspecified atom stereocenters. The van der Waals surface area contributed by atoms with Crippen molar-refractivity contribution < 1.29 is 4.79 Å². The number of rotatable bonds is 3. The molecule has 0 fully saturated rings. The van der Waals surface area contributed by atoms with E-state index in [2.05, 4.69) is 16.4 Å². The van der Waals surface area contributed by atoms with Crippen molar-refractivity contribution in [1.29, 1.82) is 5.26 Å². The minimum atomic E-state index is -0.0541. The minimum Gasteiger partial charge on any atom is -0.316 e. The average Bonchev–Trinajstić information content (AvgIpc) is 3.12. The first kappa shape index (κ1) is 14.0. The molecule has 1 aliphatic carbocycles. The fourth-order valence-electron chi connectivity index (χ4n) is 2.30. The van der Waals surface area contributed by atoms with Crippen LogP contribution in [0.25, 0.3) is 0 Å². The summed E-state index contributed by atoms with van der Waals surface area (Å²) >= 11 is 4.74. The highest BCUT2D eigenvalue weighted by Gasteiger charge is 2.23. The second-order valence-electron chi connectivity index (χ2n) is 4.51. The Balaban J connectivity index is 1.63. The van der Waals surface area contributed by atoms with Gasteiger partial charge in [-0.2, -0.15) is 5.26 Å². The van der Waals surface area contributed by atoms with Crippen molar-refractivity contribution in [2.24, 2.45) is 4.99 Å². The maximum Gasteiger partial charge on any atom is 0.235 e. The zero-order chi connectivity index (χ0) is 13.9. The number of fused-ring (bicyclic) bond motifs is 1. The number of aliphatic imine (C=N–C) groups is 1. The van der Waals surface area contributed by atoms with Crippen LogP contribution in [0.5, 0.6) is 0 Å². The first-order valence-electron chi connectivity index (χ1n) is 6.42. The third kappa shape index (κ3) is 2.87. The lowest BCUT2D eigenvalue weighted by molar-refractivity contribution is -0.113. The number of carbonyl (C=O) groups is 1. The first-order valence-corrected chi connectivity index (χ1v) is 9.21. The quantitative estimate of drug-likeness (QED) is 0.929. The predicted molar refractivity (Wildman–Crippen MR) is 86.9 cm³/mol. The molecule has 0 spiro atoms. The molecule has 1 aromatic heterocycles. The molecule has 0 radical (unpaired) electrons. The molecular formula is C13H13N3OS3. The summed E-state index contributed by atoms with van der Waals surface area (Å²) in [5.41, 5.74) is 1.82. The topological polar surface area (TPSA) is 65.2 Å². The summed E-state index contributed by atoms with van der Waals surface area (Å²) in [4.78, 5) is 17.5. The molecular weight excluding hydrogens is 310 g/mol. The number of aryl methyl sites for hydroxylation is 1. The molecule has 20 heavy (non-hydrogen) atoms. The van der Waals surface area contributed by atoms with Gasteiger partial charge >= 0.3 is 0 Å². The Kier molecular flexibility index (Phi) is 4.34. The maximum absolute atomic E-state index is 12.0. The van der Waals surface area contributed by atoms with E-state index in [0.29, 0.717) is 11.3 Å². The molecule has 1 aliphatic heterocycles. The molecule has 0 aromatic carbocycles. The van der Waals surface area contributed by atoms with Crippen LogP contribution < -0.4 is 5.32 Å². The summed E-state index contributed by atoms with van der Waals surface area (Å²) < 4.78 is 0.995. The second-order valence-corrected chi connectivity index (χ2v) is 7.92. The Hall–Kier alpha value is -0.970. The van der Waals surface area contributed by atoms with Crippen LogP contribution in [0.1, 0.15) is 22.4 Å². The Morgan fingerprint density at radius 1 is 1.50 bits per heavy atom. The molecule has 2 aliphatic rings. The Morgan fingerprint density at radius 3 is 3.15 bits per heavy atom. The predicted octanol–water partition coefficient (Wildman–Crippen LogP) is 2.88. The van der Waals surface area contributed by atoms with Crippen LogP contribution in [0, 0.1) is 11.3 Å². The number of carbonyl (C=O) groups excluding carboxylic acids is 1. The van der Waals surface area contributed by atoms with Gasteiger partial charge < -0.3 is 5.32 Å². The van der Waals surface area contributed by atoms with Gasteiger partial charge in [0.15, 0.2) is 0 Å². The van der Waals surface area contributed by atoms with Gasteiger partial charge in [0.2, 0.25) is 5.91 Å². The zero-order valence-corrected chi connectivity index (χ0v) is 13.2. The van der Waals surface area contributed by atoms with Crippen LogP contribution in [0.2, 0.25) is 0 Å². The minimum absolute atomic E-state index is 0.0541. The Bertz CT molecular complexity index is 615. The molecule has 0 atom stereocenters. The second kappa shape index (κ2) is 6.20. The van der Waals surface area contributed by atoms with E-state index < -0.39 is 0 Å². The van der Waals surface area contributed by atoms with E-state index in [1.807, 2.05) is 0 Å². The number of hydrogen-bond acceptors (Lipinski definition) is 6. The van der Waals surface area contributed by atoms with Crippen LogP contribution in [-0.4, -0.2) is 28.3 Å². The van der Waals surface area contributed by atoms with Crippen molar-refractivity contribution in [2.45, 2.75) is 19.3 Å². The fraction of sp³-hybridized carbons (Fsp3) is 0.462. The third-order valence-electron chi connectivity index (χ3n) is 3.17. The van der Waals surface area contributed by atoms with E-state index in [1.54, 1.807) is 23.1 Å². The normalized spacial score (nSPS) is 16.6. The average molecular weight is 323 g/mol. The number of thiophene rings is 1. The van der Waals surface area contributed by atoms with E-state index in [0.717, 1.165) is 46.5 Å². The number of anilines is 1. The summed E-state index contributed by atoms with van der Waals surface area (Å²) in [6.07, 6.45) is 3.12. The van der Waals surface area contributed by atoms with Gasteiger partial charge in [-0.3, -0.25) is 9.79 Å². The van der Waals surface area contributed by atoms with Gasteiger partial charge in [-0.25, -0.2) is 0 Å². The lowest BCUT2D eigenvalue weighted by Crippen LogP contribution is -2.14. The van der Waals surface area contributed by atoms with E-state index in [1.165, 1.54) is 16.6 Å². The fourth-order valence-corrected chi connectivity index (χ4v) is 5.37. The van der Waals surface area contributed by atoms with E-state index in [-0.39, 0.29) is 5.91 Å². The van der Waals surface area contributed by atoms with Crippen molar-refractivity contribution in [1.82, 2.24) is 0 Å². The van der Waals surface area contributed by atoms with Crippen LogP contribution in [0.3, 0.4) is 0 Å². The molecule has 0 bridgehead atoms. The molecule has 1 amide bonds. The summed E-state index contributed by atoms with van der Waals surface area (Å²) in [5.74, 6) is 1.32. The molecule has 3 rings (SSSR count). The molecule has 7 heteroatoms. The summed E-state index contributed by atoms with van der Waals surface area (Å²) in [5, 5.41) is 12.9. The van der Waals surface area contributed by atoms with Gasteiger partial charge in [0.1, 0.15) is 15.4 Å². The van der Waals surface area contributed by atoms with Crippen LogP contribution in [0.4, 0.5) is 5.00 Å². The number of thioether (sulfide) groups is 2. The highest BCUT2D eigenvalue weighted by Crippen LogP contribution is 2.38. The number of nitrogens with zero attached hydrogens (tertiary/aromatic N) is 2. The van der Waals surface area contributed by atoms with Crippen molar-refractivity contribution in [3.05, 3.63) is 16.0 Å². The van der Waals surface area contributed by atoms with Crippen LogP contribution >= 0.6 is 34.9 Å². The number of hydrogen-bond donors (Lipinski definition) is 1. The van der Waals surface area contributed by atoms with Gasteiger partial charge in [-0.05, 0) is 24.8 Å². The largest absolute Gasteiger partial charge is 0.316 e. The maximum atomic E-state index is 12.0. The van der Waals surface area contributed by atoms with Gasteiger partial charge in [0.05, 0.1) is 17.9 Å². The highest BCUT2D eigenvalue weighted by atomic mass is 32.2. The summed E-state index contributed by atoms with van der Waals surface area (Å²) in [6, 6.07) is 2.24. The van der Waals surface area contributed by atoms with Gasteiger partial charge in [0, 0.05) is 10.6 Å². The van der Waals surface area contributed by atoms with E-state index >= 15 is 0 Å². The summed E-state index contributed by atoms with van der Waals surface area (Å²) in [6.45, 7) is 0.852. The van der Waals surface area contributed by atoms with Crippen molar-refractivity contribution in [3.63, 3.8) is 0 Å². The molecule has 1 N–H and O–H groups in total. The lowest BCUT2D eigenvalue weighted by atomic mass is 10.1. The molecule has 4 nitrogen and oxygen atoms in total. The number of nitrogens with one attached hydrogen (secondary N) is 1. The van der Waals surface area contributed by atoms with Gasteiger partial charge in [-0.1, -0.05) is 23.5 Å². The monoisotopic (exact) mass is 323 g/mol. The lowest BCUT2D eigenvalue weighted by Gasteiger charge is -2.03. The van der Waals surface area contributed by atoms with Gasteiger partial charge in [-0.15, -0.1) is 11.3 Å². The SMILES string of the molecule is N#Cc1c(NC(=O)CSC2=NCCS2)sc2c1CCC2. The highest BCUT2D eigenvalue weighted by molar-refractivity contribution is 8.39. The van der Waals surface area contributed by atoms with Gasteiger partial charge in [0.25, 0.3) is 0 Å². The third-order valence-corrected chi connectivity index (χ3v) is 6.63. The van der Waals surface area contributed by atoms with Crippen LogP contribution in [-0.2, 0) is 17.6 Å². The number of amides is 1. The molecule has 104 valence electrons. The molecule has 1 aromatic rings. The standard InChI is InChI=1S/C13H13N3OS3/c14-6-9-8-2-1-3-10(8)20-12(9)16-11(17)7-19-13-15-4-5-18-13/h1-5,7H2,(H,16,17). The molecule has 0 saturated carbocycles. The van der Waals surface area contributed by atoms with Crippen molar-refractivity contribution in [2.75, 3.05) is 23.4 Å². The Labute approximate surface area is 130 Å².